The van der Waals surface area contributed by atoms with Gasteiger partial charge in [0, 0.05) is 22.7 Å². The minimum atomic E-state index is -3.26. The molecule has 0 saturated heterocycles. The fourth-order valence-corrected chi connectivity index (χ4v) is 3.50. The van der Waals surface area contributed by atoms with E-state index in [9.17, 15) is 23.3 Å². The molecule has 0 saturated carbocycles. The van der Waals surface area contributed by atoms with Crippen molar-refractivity contribution in [3.8, 4) is 0 Å². The van der Waals surface area contributed by atoms with E-state index in [1.165, 1.54) is 48.2 Å². The molecule has 1 N–H and O–H groups in total. The number of hydrogen-bond acceptors (Lipinski definition) is 6. The summed E-state index contributed by atoms with van der Waals surface area (Å²) in [5.41, 5.74) is 0.500. The highest BCUT2D eigenvalue weighted by Gasteiger charge is 2.11. The zero-order valence-corrected chi connectivity index (χ0v) is 15.0. The molecule has 0 aromatic heterocycles. The first kappa shape index (κ1) is 18.9. The van der Waals surface area contributed by atoms with Gasteiger partial charge in [-0.2, -0.15) is 0 Å². The molecule has 0 atom stereocenters. The van der Waals surface area contributed by atoms with Crippen molar-refractivity contribution >= 4 is 38.9 Å². The van der Waals surface area contributed by atoms with Gasteiger partial charge in [-0.3, -0.25) is 14.9 Å². The molecule has 7 nitrogen and oxygen atoms in total. The van der Waals surface area contributed by atoms with Crippen molar-refractivity contribution in [3.63, 3.8) is 0 Å². The van der Waals surface area contributed by atoms with Crippen molar-refractivity contribution in [1.82, 2.24) is 0 Å². The van der Waals surface area contributed by atoms with Crippen LogP contribution in [0, 0.1) is 10.1 Å². The second-order valence-corrected chi connectivity index (χ2v) is 8.34. The summed E-state index contributed by atoms with van der Waals surface area (Å²) in [6.45, 7) is 1.57. The maximum atomic E-state index is 11.9. The molecule has 0 spiro atoms. The van der Waals surface area contributed by atoms with E-state index in [0.717, 1.165) is 4.90 Å². The molecule has 9 heteroatoms. The van der Waals surface area contributed by atoms with E-state index >= 15 is 0 Å². The van der Waals surface area contributed by atoms with Gasteiger partial charge in [0.1, 0.15) is 0 Å². The molecule has 25 heavy (non-hydrogen) atoms. The third-order valence-corrected chi connectivity index (χ3v) is 6.06. The number of nitro benzene ring substituents is 1. The van der Waals surface area contributed by atoms with E-state index in [4.69, 9.17) is 0 Å². The molecule has 0 aliphatic carbocycles. The summed E-state index contributed by atoms with van der Waals surface area (Å²) in [6.07, 6.45) is 0. The summed E-state index contributed by atoms with van der Waals surface area (Å²) in [5, 5.41) is 13.3. The Bertz CT molecular complexity index is 862. The number of nitrogens with one attached hydrogen (secondary N) is 1. The minimum Gasteiger partial charge on any atom is -0.325 e. The van der Waals surface area contributed by atoms with Gasteiger partial charge >= 0.3 is 0 Å². The van der Waals surface area contributed by atoms with E-state index in [0.29, 0.717) is 5.69 Å². The maximum Gasteiger partial charge on any atom is 0.269 e. The van der Waals surface area contributed by atoms with Crippen LogP contribution in [0.5, 0.6) is 0 Å². The van der Waals surface area contributed by atoms with Gasteiger partial charge in [-0.05, 0) is 36.4 Å². The first-order chi connectivity index (χ1) is 11.8. The number of carbonyl (C=O) groups is 1. The van der Waals surface area contributed by atoms with E-state index in [1.54, 1.807) is 19.1 Å². The lowest BCUT2D eigenvalue weighted by Gasteiger charge is -2.07. The van der Waals surface area contributed by atoms with Crippen molar-refractivity contribution in [2.24, 2.45) is 0 Å². The van der Waals surface area contributed by atoms with Gasteiger partial charge in [0.25, 0.3) is 5.69 Å². The van der Waals surface area contributed by atoms with Crippen LogP contribution in [-0.2, 0) is 14.6 Å². The van der Waals surface area contributed by atoms with Crippen LogP contribution in [0.2, 0.25) is 0 Å². The summed E-state index contributed by atoms with van der Waals surface area (Å²) in [4.78, 5) is 23.0. The topological polar surface area (TPSA) is 106 Å². The first-order valence-electron chi connectivity index (χ1n) is 7.32. The predicted octanol–water partition coefficient (Wildman–Crippen LogP) is 3.12. The lowest BCUT2D eigenvalue weighted by molar-refractivity contribution is -0.384. The summed E-state index contributed by atoms with van der Waals surface area (Å²) in [7, 11) is -3.26. The van der Waals surface area contributed by atoms with Gasteiger partial charge in [-0.15, -0.1) is 11.8 Å². The molecule has 0 radical (unpaired) electrons. The molecule has 2 rings (SSSR count). The Morgan fingerprint density at radius 2 is 1.72 bits per heavy atom. The third kappa shape index (κ3) is 5.30. The highest BCUT2D eigenvalue weighted by molar-refractivity contribution is 8.00. The van der Waals surface area contributed by atoms with Crippen LogP contribution in [0.1, 0.15) is 6.92 Å². The van der Waals surface area contributed by atoms with Crippen molar-refractivity contribution in [2.45, 2.75) is 16.7 Å². The second-order valence-electron chi connectivity index (χ2n) is 5.02. The zero-order valence-electron chi connectivity index (χ0n) is 13.3. The van der Waals surface area contributed by atoms with E-state index in [2.05, 4.69) is 5.32 Å². The number of thioether (sulfide) groups is 1. The lowest BCUT2D eigenvalue weighted by Crippen LogP contribution is -2.14. The van der Waals surface area contributed by atoms with Crippen LogP contribution >= 0.6 is 11.8 Å². The molecule has 0 heterocycles. The quantitative estimate of drug-likeness (QED) is 0.449. The highest BCUT2D eigenvalue weighted by atomic mass is 32.2. The van der Waals surface area contributed by atoms with Gasteiger partial charge in [0.2, 0.25) is 5.91 Å². The fourth-order valence-electron chi connectivity index (χ4n) is 1.92. The van der Waals surface area contributed by atoms with Gasteiger partial charge in [-0.1, -0.05) is 6.92 Å². The molecule has 2 aromatic carbocycles. The Labute approximate surface area is 149 Å². The number of amides is 1. The van der Waals surface area contributed by atoms with Crippen molar-refractivity contribution in [1.29, 1.82) is 0 Å². The van der Waals surface area contributed by atoms with Crippen LogP contribution in [0.4, 0.5) is 11.4 Å². The Kier molecular flexibility index (Phi) is 6.16. The van der Waals surface area contributed by atoms with Crippen molar-refractivity contribution in [3.05, 3.63) is 58.6 Å². The Balaban J connectivity index is 1.91. The fraction of sp³-hybridized carbons (Fsp3) is 0.188. The molecule has 1 amide bonds. The molecule has 0 fully saturated rings. The molecule has 0 aliphatic rings. The summed E-state index contributed by atoms with van der Waals surface area (Å²) in [6, 6.07) is 11.9. The molecule has 0 bridgehead atoms. The van der Waals surface area contributed by atoms with Crippen molar-refractivity contribution in [2.75, 3.05) is 16.8 Å². The molecule has 132 valence electrons. The number of hydrogen-bond donors (Lipinski definition) is 1. The standard InChI is InChI=1S/C16H16N2O5S2/c1-2-25(22,23)15-9-3-12(4-10-15)17-16(19)11-24-14-7-5-13(6-8-14)18(20)21/h3-10H,2,11H2,1H3,(H,17,19). The molecule has 0 aliphatic heterocycles. The van der Waals surface area contributed by atoms with Crippen LogP contribution in [-0.4, -0.2) is 30.8 Å². The number of nitrogens with zero attached hydrogens (tertiary/aromatic N) is 1. The number of non-ortho nitro benzene ring substituents is 1. The second kappa shape index (κ2) is 8.13. The SMILES string of the molecule is CCS(=O)(=O)c1ccc(NC(=O)CSc2ccc([N+](=O)[O-])cc2)cc1. The van der Waals surface area contributed by atoms with Crippen LogP contribution in [0.3, 0.4) is 0 Å². The summed E-state index contributed by atoms with van der Waals surface area (Å²) < 4.78 is 23.5. The molecular formula is C16H16N2O5S2. The predicted molar refractivity (Wildman–Crippen MR) is 96.6 cm³/mol. The molecular weight excluding hydrogens is 364 g/mol. The van der Waals surface area contributed by atoms with E-state index in [1.807, 2.05) is 0 Å². The van der Waals surface area contributed by atoms with Crippen LogP contribution < -0.4 is 5.32 Å². The van der Waals surface area contributed by atoms with Gasteiger partial charge in [0.05, 0.1) is 21.3 Å². The molecule has 0 unspecified atom stereocenters. The van der Waals surface area contributed by atoms with E-state index in [-0.39, 0.29) is 28.0 Å². The third-order valence-electron chi connectivity index (χ3n) is 3.29. The van der Waals surface area contributed by atoms with Gasteiger partial charge in [-0.25, -0.2) is 8.42 Å². The summed E-state index contributed by atoms with van der Waals surface area (Å²) >= 11 is 1.25. The molecule has 2 aromatic rings. The lowest BCUT2D eigenvalue weighted by atomic mass is 10.3. The highest BCUT2D eigenvalue weighted by Crippen LogP contribution is 2.22. The number of sulfone groups is 1. The first-order valence-corrected chi connectivity index (χ1v) is 9.95. The van der Waals surface area contributed by atoms with Crippen molar-refractivity contribution < 1.29 is 18.1 Å². The number of benzene rings is 2. The Hall–Kier alpha value is -2.39. The summed E-state index contributed by atoms with van der Waals surface area (Å²) in [5.74, 6) is -0.105. The number of rotatable bonds is 7. The average Bonchev–Trinajstić information content (AvgIpc) is 2.61. The number of anilines is 1. The monoisotopic (exact) mass is 380 g/mol. The largest absolute Gasteiger partial charge is 0.325 e. The zero-order chi connectivity index (χ0) is 18.4. The van der Waals surface area contributed by atoms with Crippen LogP contribution in [0.15, 0.2) is 58.3 Å². The normalized spacial score (nSPS) is 11.1. The smallest absolute Gasteiger partial charge is 0.269 e. The van der Waals surface area contributed by atoms with Gasteiger partial charge in [0.15, 0.2) is 9.84 Å². The average molecular weight is 380 g/mol. The number of carbonyl (C=O) groups excluding carboxylic acids is 1. The Morgan fingerprint density at radius 1 is 1.12 bits per heavy atom. The minimum absolute atomic E-state index is 0.00378. The van der Waals surface area contributed by atoms with Crippen LogP contribution in [0.25, 0.3) is 0 Å². The maximum absolute atomic E-state index is 11.9. The number of nitro groups is 1. The Morgan fingerprint density at radius 3 is 2.24 bits per heavy atom. The van der Waals surface area contributed by atoms with E-state index < -0.39 is 14.8 Å². The van der Waals surface area contributed by atoms with Gasteiger partial charge < -0.3 is 5.32 Å².